The Morgan fingerprint density at radius 2 is 1.35 bits per heavy atom. The third-order valence-electron chi connectivity index (χ3n) is 8.99. The molecule has 63 heavy (non-hydrogen) atoms. The molecule has 1 fully saturated rings. The summed E-state index contributed by atoms with van der Waals surface area (Å²) in [6.45, 7) is -1.14. The fourth-order valence-electron chi connectivity index (χ4n) is 6.35. The number of nitrogen functional groups attached to an aromatic ring is 1. The number of phosphoric ester groups is 1. The van der Waals surface area contributed by atoms with Crippen LogP contribution in [-0.2, 0) is 47.2 Å². The van der Waals surface area contributed by atoms with Crippen molar-refractivity contribution in [3.63, 3.8) is 0 Å². The maximum atomic E-state index is 13.4. The molecule has 6 aromatic rings. The Hall–Kier alpha value is -5.96. The van der Waals surface area contributed by atoms with Gasteiger partial charge >= 0.3 is 35.6 Å². The fourth-order valence-corrected chi connectivity index (χ4v) is 10.5. The van der Waals surface area contributed by atoms with Crippen LogP contribution in [-0.4, -0.2) is 85.6 Å². The van der Waals surface area contributed by atoms with Crippen LogP contribution in [0, 0.1) is 0 Å². The number of carbonyl (C=O) groups is 2. The minimum absolute atomic E-state index is 0.0213. The van der Waals surface area contributed by atoms with E-state index in [9.17, 15) is 38.0 Å². The lowest BCUT2D eigenvalue weighted by Gasteiger charge is -2.24. The number of hydrogen-bond acceptors (Lipinski definition) is 19. The van der Waals surface area contributed by atoms with Crippen molar-refractivity contribution in [2.75, 3.05) is 26.6 Å². The highest BCUT2D eigenvalue weighted by Gasteiger charge is 2.53. The van der Waals surface area contributed by atoms with Crippen LogP contribution in [0.25, 0.3) is 21.9 Å². The van der Waals surface area contributed by atoms with Gasteiger partial charge in [-0.25, -0.2) is 38.0 Å². The van der Waals surface area contributed by atoms with Gasteiger partial charge in [0.15, 0.2) is 29.9 Å². The highest BCUT2D eigenvalue weighted by Crippen LogP contribution is 2.68. The molecule has 0 spiro atoms. The van der Waals surface area contributed by atoms with Crippen LogP contribution in [0.3, 0.4) is 0 Å². The van der Waals surface area contributed by atoms with E-state index in [1.807, 2.05) is 0 Å². The molecule has 7 atom stereocenters. The lowest BCUT2D eigenvalue weighted by molar-refractivity contribution is -0.0565. The van der Waals surface area contributed by atoms with E-state index in [4.69, 9.17) is 43.4 Å². The quantitative estimate of drug-likeness (QED) is 0.0471. The Labute approximate surface area is 355 Å². The van der Waals surface area contributed by atoms with Crippen molar-refractivity contribution in [2.24, 2.45) is 0 Å². The van der Waals surface area contributed by atoms with E-state index in [0.29, 0.717) is 22.3 Å². The number of aromatic nitrogens is 4. The molecule has 332 valence electrons. The second-order valence-corrected chi connectivity index (χ2v) is 18.2. The van der Waals surface area contributed by atoms with Crippen molar-refractivity contribution in [1.29, 1.82) is 0 Å². The SMILES string of the molecule is COc1cccc(OC(=O)OC2[C@@H](OC(=O)Oc3cccc(OC)c3)[C@@H](COP(=O)(O)OP(=O)(O)OP(=O)(O)Cc3cccc4ccccc34)O[C@H]2n2cnc3c(N)ncnc32)c1. The second kappa shape index (κ2) is 18.8. The van der Waals surface area contributed by atoms with Crippen LogP contribution in [0.4, 0.5) is 15.4 Å². The standard InChI is InChI=1S/C37H36N5O18P3/c1-51-24-11-6-13-26(16-24)54-36(43)57-31-29(18-53-62(47,48)60-63(49,50)59-61(45,46)19-23-10-5-9-22-8-3-4-15-28(22)23)56-35(42-21-41-30-33(38)39-20-40-34(30)42)32(31)58-37(44)55-27-14-7-12-25(17-27)52-2/h3-17,20-21,29,31-32,35H,18-19H2,1-2H3,(H,45,46)(H,47,48)(H,49,50)(H2,38,39,40)/t29-,31+,32?,35-/m1/s1. The highest BCUT2D eigenvalue weighted by atomic mass is 31.3. The van der Waals surface area contributed by atoms with Gasteiger partial charge in [-0.15, -0.1) is 0 Å². The second-order valence-electron chi connectivity index (χ2n) is 13.2. The molecule has 23 nitrogen and oxygen atoms in total. The van der Waals surface area contributed by atoms with Crippen LogP contribution >= 0.6 is 23.2 Å². The first-order valence-electron chi connectivity index (χ1n) is 18.2. The molecular formula is C37H36N5O18P3. The van der Waals surface area contributed by atoms with Gasteiger partial charge in [-0.1, -0.05) is 54.6 Å². The number of nitrogens with two attached hydrogens (primary N) is 1. The lowest BCUT2D eigenvalue weighted by Crippen LogP contribution is -2.42. The van der Waals surface area contributed by atoms with Crippen molar-refractivity contribution < 1.29 is 84.3 Å². The van der Waals surface area contributed by atoms with Crippen LogP contribution in [0.1, 0.15) is 11.8 Å². The van der Waals surface area contributed by atoms with E-state index >= 15 is 0 Å². The van der Waals surface area contributed by atoms with Crippen LogP contribution < -0.4 is 24.7 Å². The summed E-state index contributed by atoms with van der Waals surface area (Å²) in [6, 6.07) is 23.3. The summed E-state index contributed by atoms with van der Waals surface area (Å²) in [5, 5.41) is 1.23. The number of rotatable bonds is 16. The Kier molecular flexibility index (Phi) is 13.4. The Balaban J connectivity index is 1.15. The van der Waals surface area contributed by atoms with Crippen LogP contribution in [0.5, 0.6) is 23.0 Å². The maximum absolute atomic E-state index is 13.4. The first-order chi connectivity index (χ1) is 30.0. The van der Waals surface area contributed by atoms with Gasteiger partial charge in [-0.3, -0.25) is 13.7 Å². The van der Waals surface area contributed by atoms with E-state index in [1.165, 1.54) is 67.6 Å². The Morgan fingerprint density at radius 3 is 2.02 bits per heavy atom. The van der Waals surface area contributed by atoms with Gasteiger partial charge in [0.25, 0.3) is 0 Å². The summed E-state index contributed by atoms with van der Waals surface area (Å²) >= 11 is 0. The van der Waals surface area contributed by atoms with Crippen molar-refractivity contribution in [3.05, 3.63) is 109 Å². The average molecular weight is 932 g/mol. The van der Waals surface area contributed by atoms with E-state index in [1.54, 1.807) is 48.5 Å². The molecule has 2 aromatic heterocycles. The summed E-state index contributed by atoms with van der Waals surface area (Å²) in [5.74, 6) is 0.485. The molecule has 4 unspecified atom stereocenters. The third kappa shape index (κ3) is 11.2. The van der Waals surface area contributed by atoms with Crippen LogP contribution in [0.15, 0.2) is 104 Å². The van der Waals surface area contributed by atoms with Crippen molar-refractivity contribution in [2.45, 2.75) is 30.7 Å². The van der Waals surface area contributed by atoms with Gasteiger partial charge in [0.2, 0.25) is 0 Å². The average Bonchev–Trinajstić information content (AvgIpc) is 3.80. The predicted octanol–water partition coefficient (Wildman–Crippen LogP) is 6.28. The number of anilines is 1. The molecule has 0 amide bonds. The van der Waals surface area contributed by atoms with E-state index in [2.05, 4.69) is 23.6 Å². The van der Waals surface area contributed by atoms with Crippen LogP contribution in [0.2, 0.25) is 0 Å². The zero-order valence-electron chi connectivity index (χ0n) is 32.7. The summed E-state index contributed by atoms with van der Waals surface area (Å²) in [5.41, 5.74) is 6.35. The molecule has 1 saturated heterocycles. The number of carbonyl (C=O) groups excluding carboxylic acids is 2. The summed E-state index contributed by atoms with van der Waals surface area (Å²) in [6.07, 6.45) is -8.22. The predicted molar refractivity (Wildman–Crippen MR) is 217 cm³/mol. The van der Waals surface area contributed by atoms with E-state index in [0.717, 1.165) is 6.33 Å². The maximum Gasteiger partial charge on any atom is 0.514 e. The minimum Gasteiger partial charge on any atom is -0.497 e. The van der Waals surface area contributed by atoms with Gasteiger partial charge < -0.3 is 53.6 Å². The monoisotopic (exact) mass is 931 g/mol. The van der Waals surface area contributed by atoms with E-state index < -0.39 is 72.9 Å². The number of ether oxygens (including phenoxy) is 7. The molecule has 1 aliphatic heterocycles. The largest absolute Gasteiger partial charge is 0.514 e. The molecule has 0 radical (unpaired) electrons. The summed E-state index contributed by atoms with van der Waals surface area (Å²) in [4.78, 5) is 70.8. The lowest BCUT2D eigenvalue weighted by atomic mass is 10.1. The number of imidazole rings is 1. The molecule has 1 aliphatic rings. The van der Waals surface area contributed by atoms with E-state index in [-0.39, 0.29) is 34.0 Å². The number of methoxy groups -OCH3 is 2. The molecule has 26 heteroatoms. The first-order valence-corrected chi connectivity index (χ1v) is 22.9. The van der Waals surface area contributed by atoms with Crippen molar-refractivity contribution in [1.82, 2.24) is 19.5 Å². The number of nitrogens with zero attached hydrogens (tertiary/aromatic N) is 4. The number of benzene rings is 4. The first kappa shape index (κ1) is 45.1. The molecule has 0 saturated carbocycles. The number of fused-ring (bicyclic) bond motifs is 2. The topological polar surface area (TPSA) is 308 Å². The minimum atomic E-state index is -5.87. The highest BCUT2D eigenvalue weighted by molar-refractivity contribution is 7.68. The molecule has 0 aliphatic carbocycles. The molecule has 3 heterocycles. The third-order valence-corrected chi connectivity index (χ3v) is 13.7. The zero-order chi connectivity index (χ0) is 44.9. The summed E-state index contributed by atoms with van der Waals surface area (Å²) in [7, 11) is -13.9. The van der Waals surface area contributed by atoms with Gasteiger partial charge in [0.1, 0.15) is 40.9 Å². The van der Waals surface area contributed by atoms with Gasteiger partial charge in [-0.2, -0.15) is 4.31 Å². The Bertz CT molecular complexity index is 2790. The molecule has 0 bridgehead atoms. The normalized spacial score (nSPS) is 20.2. The Morgan fingerprint density at radius 1 is 0.746 bits per heavy atom. The van der Waals surface area contributed by atoms with Crippen molar-refractivity contribution in [3.8, 4) is 23.0 Å². The van der Waals surface area contributed by atoms with Gasteiger partial charge in [0.05, 0.1) is 33.3 Å². The molecule has 4 aromatic carbocycles. The van der Waals surface area contributed by atoms with Gasteiger partial charge in [0, 0.05) is 12.1 Å². The molecular weight excluding hydrogens is 895 g/mol. The molecule has 7 rings (SSSR count). The smallest absolute Gasteiger partial charge is 0.497 e. The fraction of sp³-hybridized carbons (Fsp3) is 0.216. The van der Waals surface area contributed by atoms with Crippen molar-refractivity contribution >= 4 is 63.3 Å². The molecule has 5 N–H and O–H groups in total. The number of phosphoric acid groups is 2. The number of hydrogen-bond donors (Lipinski definition) is 4. The summed E-state index contributed by atoms with van der Waals surface area (Å²) < 4.78 is 92.9. The zero-order valence-corrected chi connectivity index (χ0v) is 35.4. The van der Waals surface area contributed by atoms with Gasteiger partial charge in [-0.05, 0) is 40.6 Å².